The Hall–Kier alpha value is -2.44. The smallest absolute Gasteiger partial charge is 0.222 e. The monoisotopic (exact) mass is 388 g/mol. The average molecular weight is 389 g/mol. The molecule has 0 fully saturated rings. The lowest BCUT2D eigenvalue weighted by atomic mass is 10.3. The van der Waals surface area contributed by atoms with Crippen LogP contribution in [-0.2, 0) is 16.6 Å². The van der Waals surface area contributed by atoms with Crippen molar-refractivity contribution in [2.75, 3.05) is 7.11 Å². The molecule has 3 rings (SSSR count). The number of aryl methyl sites for hydroxylation is 1. The molecule has 3 aromatic rings. The Morgan fingerprint density at radius 2 is 1.65 bits per heavy atom. The first-order valence-electron chi connectivity index (χ1n) is 7.84. The summed E-state index contributed by atoms with van der Waals surface area (Å²) in [6.07, 6.45) is 0. The van der Waals surface area contributed by atoms with Gasteiger partial charge in [0, 0.05) is 16.0 Å². The van der Waals surface area contributed by atoms with E-state index in [1.165, 1.54) is 0 Å². The first-order valence-corrected chi connectivity index (χ1v) is 9.53. The van der Waals surface area contributed by atoms with Crippen molar-refractivity contribution in [3.63, 3.8) is 0 Å². The van der Waals surface area contributed by atoms with Gasteiger partial charge in [-0.25, -0.2) is 4.98 Å². The predicted molar refractivity (Wildman–Crippen MR) is 101 cm³/mol. The van der Waals surface area contributed by atoms with Gasteiger partial charge in [0.2, 0.25) is 5.88 Å². The molecule has 0 amide bonds. The first-order chi connectivity index (χ1) is 12.5. The van der Waals surface area contributed by atoms with E-state index >= 15 is 0 Å². The Labute approximate surface area is 159 Å². The molecular weight excluding hydrogens is 372 g/mol. The fraction of sp³-hybridized carbons (Fsp3) is 0.158. The minimum atomic E-state index is -1.23. The number of ether oxygens (including phenoxy) is 2. The highest BCUT2D eigenvalue weighted by atomic mass is 35.5. The quantitative estimate of drug-likeness (QED) is 0.620. The van der Waals surface area contributed by atoms with Gasteiger partial charge >= 0.3 is 0 Å². The molecule has 1 heterocycles. The van der Waals surface area contributed by atoms with Crippen LogP contribution in [0.25, 0.3) is 0 Å². The van der Waals surface area contributed by atoms with E-state index in [0.717, 1.165) is 5.75 Å². The number of methoxy groups -OCH3 is 1. The standard InChI is InChI=1S/C19H17ClN2O3S/c1-13-21-15(12-26(23)18-9-3-14(20)4-10-18)11-19(22-13)25-17-7-5-16(24-2)6-8-17/h3-11H,12H2,1-2H3/t26-/m1/s1. The number of benzene rings is 2. The third kappa shape index (κ3) is 4.80. The van der Waals surface area contributed by atoms with Crippen molar-refractivity contribution in [3.8, 4) is 17.4 Å². The van der Waals surface area contributed by atoms with Crippen LogP contribution in [0.15, 0.2) is 59.5 Å². The third-order valence-electron chi connectivity index (χ3n) is 3.50. The van der Waals surface area contributed by atoms with Crippen LogP contribution in [0, 0.1) is 6.92 Å². The van der Waals surface area contributed by atoms with Gasteiger partial charge in [0.15, 0.2) is 0 Å². The van der Waals surface area contributed by atoms with Crippen molar-refractivity contribution in [2.45, 2.75) is 17.6 Å². The highest BCUT2D eigenvalue weighted by molar-refractivity contribution is 7.84. The van der Waals surface area contributed by atoms with Gasteiger partial charge in [-0.3, -0.25) is 4.21 Å². The molecule has 26 heavy (non-hydrogen) atoms. The van der Waals surface area contributed by atoms with Gasteiger partial charge in [0.25, 0.3) is 0 Å². The molecule has 5 nitrogen and oxygen atoms in total. The van der Waals surface area contributed by atoms with Crippen LogP contribution in [0.3, 0.4) is 0 Å². The van der Waals surface area contributed by atoms with Crippen molar-refractivity contribution in [1.29, 1.82) is 0 Å². The van der Waals surface area contributed by atoms with Gasteiger partial charge in [-0.05, 0) is 55.5 Å². The van der Waals surface area contributed by atoms with Crippen molar-refractivity contribution in [3.05, 3.63) is 71.1 Å². The van der Waals surface area contributed by atoms with Gasteiger partial charge in [0.1, 0.15) is 17.3 Å². The van der Waals surface area contributed by atoms with E-state index in [4.69, 9.17) is 21.1 Å². The number of halogens is 1. The Bertz CT molecular complexity index is 915. The van der Waals surface area contributed by atoms with Crippen LogP contribution < -0.4 is 9.47 Å². The maximum Gasteiger partial charge on any atom is 0.222 e. The molecule has 0 N–H and O–H groups in total. The SMILES string of the molecule is COc1ccc(Oc2cc(C[S@@](=O)c3ccc(Cl)cc3)nc(C)n2)cc1. The second-order valence-electron chi connectivity index (χ2n) is 5.47. The molecule has 0 aliphatic carbocycles. The second kappa shape index (κ2) is 8.29. The number of hydrogen-bond donors (Lipinski definition) is 0. The van der Waals surface area contributed by atoms with Crippen LogP contribution >= 0.6 is 11.6 Å². The Kier molecular flexibility index (Phi) is 5.85. The van der Waals surface area contributed by atoms with E-state index in [9.17, 15) is 4.21 Å². The number of rotatable bonds is 6. The second-order valence-corrected chi connectivity index (χ2v) is 7.35. The topological polar surface area (TPSA) is 61.3 Å². The summed E-state index contributed by atoms with van der Waals surface area (Å²) in [7, 11) is 0.377. The van der Waals surface area contributed by atoms with Crippen molar-refractivity contribution in [1.82, 2.24) is 9.97 Å². The molecule has 0 saturated carbocycles. The molecular formula is C19H17ClN2O3S. The van der Waals surface area contributed by atoms with Crippen molar-refractivity contribution >= 4 is 22.4 Å². The van der Waals surface area contributed by atoms with E-state index in [0.29, 0.717) is 33.1 Å². The molecule has 0 spiro atoms. The summed E-state index contributed by atoms with van der Waals surface area (Å²) in [6.45, 7) is 1.77. The summed E-state index contributed by atoms with van der Waals surface area (Å²) in [4.78, 5) is 9.34. The van der Waals surface area contributed by atoms with Crippen molar-refractivity contribution < 1.29 is 13.7 Å². The minimum absolute atomic E-state index is 0.268. The molecule has 0 radical (unpaired) electrons. The van der Waals surface area contributed by atoms with Gasteiger partial charge in [0.05, 0.1) is 29.4 Å². The molecule has 7 heteroatoms. The summed E-state index contributed by atoms with van der Waals surface area (Å²) in [5, 5.41) is 0.610. The summed E-state index contributed by atoms with van der Waals surface area (Å²) in [5.74, 6) is 2.61. The summed E-state index contributed by atoms with van der Waals surface area (Å²) in [6, 6.07) is 15.8. The van der Waals surface area contributed by atoms with Gasteiger partial charge in [-0.2, -0.15) is 4.98 Å². The lowest BCUT2D eigenvalue weighted by molar-refractivity contribution is 0.412. The van der Waals surface area contributed by atoms with Gasteiger partial charge in [-0.1, -0.05) is 11.6 Å². The molecule has 0 aliphatic rings. The zero-order valence-electron chi connectivity index (χ0n) is 14.3. The number of aromatic nitrogens is 2. The largest absolute Gasteiger partial charge is 0.497 e. The third-order valence-corrected chi connectivity index (χ3v) is 5.11. The van der Waals surface area contributed by atoms with Crippen LogP contribution in [0.5, 0.6) is 17.4 Å². The molecule has 2 aromatic carbocycles. The van der Waals surface area contributed by atoms with Crippen LogP contribution in [0.4, 0.5) is 0 Å². The number of hydrogen-bond acceptors (Lipinski definition) is 5. The highest BCUT2D eigenvalue weighted by Crippen LogP contribution is 2.24. The normalized spacial score (nSPS) is 11.8. The molecule has 0 bridgehead atoms. The van der Waals surface area contributed by atoms with Crippen LogP contribution in [-0.4, -0.2) is 21.3 Å². The van der Waals surface area contributed by atoms with E-state index in [1.807, 2.05) is 0 Å². The van der Waals surface area contributed by atoms with Crippen molar-refractivity contribution in [2.24, 2.45) is 0 Å². The molecule has 0 aliphatic heterocycles. The fourth-order valence-electron chi connectivity index (χ4n) is 2.29. The number of nitrogens with zero attached hydrogens (tertiary/aromatic N) is 2. The summed E-state index contributed by atoms with van der Waals surface area (Å²) >= 11 is 5.87. The van der Waals surface area contributed by atoms with Crippen LogP contribution in [0.2, 0.25) is 5.02 Å². The Morgan fingerprint density at radius 1 is 1.00 bits per heavy atom. The molecule has 0 unspecified atom stereocenters. The van der Waals surface area contributed by atoms with Crippen LogP contribution in [0.1, 0.15) is 11.5 Å². The fourth-order valence-corrected chi connectivity index (χ4v) is 3.44. The van der Waals surface area contributed by atoms with Gasteiger partial charge < -0.3 is 9.47 Å². The predicted octanol–water partition coefficient (Wildman–Crippen LogP) is 4.55. The Balaban J connectivity index is 1.76. The molecule has 1 atom stereocenters. The zero-order chi connectivity index (χ0) is 18.5. The molecule has 0 saturated heterocycles. The lowest BCUT2D eigenvalue weighted by Crippen LogP contribution is -2.02. The van der Waals surface area contributed by atoms with E-state index < -0.39 is 10.8 Å². The molecule has 1 aromatic heterocycles. The average Bonchev–Trinajstić information content (AvgIpc) is 2.62. The lowest BCUT2D eigenvalue weighted by Gasteiger charge is -2.09. The maximum atomic E-state index is 12.5. The Morgan fingerprint density at radius 3 is 2.31 bits per heavy atom. The van der Waals surface area contributed by atoms with Gasteiger partial charge in [-0.15, -0.1) is 0 Å². The zero-order valence-corrected chi connectivity index (χ0v) is 15.9. The minimum Gasteiger partial charge on any atom is -0.497 e. The summed E-state index contributed by atoms with van der Waals surface area (Å²) in [5.41, 5.74) is 0.647. The summed E-state index contributed by atoms with van der Waals surface area (Å²) < 4.78 is 23.4. The maximum absolute atomic E-state index is 12.5. The van der Waals surface area contributed by atoms with E-state index in [-0.39, 0.29) is 5.75 Å². The highest BCUT2D eigenvalue weighted by Gasteiger charge is 2.10. The molecule has 134 valence electrons. The first kappa shape index (κ1) is 18.4. The van der Waals surface area contributed by atoms with E-state index in [1.54, 1.807) is 68.6 Å². The van der Waals surface area contributed by atoms with E-state index in [2.05, 4.69) is 9.97 Å².